The predicted molar refractivity (Wildman–Crippen MR) is 131 cm³/mol. The maximum atomic E-state index is 12.9. The van der Waals surface area contributed by atoms with Gasteiger partial charge in [-0.05, 0) is 61.9 Å². The molecule has 8 heteroatoms. The molecule has 2 amide bonds. The Bertz CT molecular complexity index is 1310. The summed E-state index contributed by atoms with van der Waals surface area (Å²) in [5.74, 6) is 0.167. The van der Waals surface area contributed by atoms with E-state index >= 15 is 0 Å². The molecule has 1 N–H and O–H groups in total. The second-order valence-electron chi connectivity index (χ2n) is 7.70. The predicted octanol–water partition coefficient (Wildman–Crippen LogP) is 5.07. The van der Waals surface area contributed by atoms with Crippen LogP contribution in [0.1, 0.15) is 28.5 Å². The van der Waals surface area contributed by atoms with Crippen molar-refractivity contribution in [1.82, 2.24) is 9.38 Å². The van der Waals surface area contributed by atoms with Gasteiger partial charge in [0.15, 0.2) is 0 Å². The number of anilines is 2. The first-order valence-electron chi connectivity index (χ1n) is 10.9. The maximum absolute atomic E-state index is 12.9. The average Bonchev–Trinajstić information content (AvgIpc) is 3.28. The molecule has 34 heavy (non-hydrogen) atoms. The van der Waals surface area contributed by atoms with Gasteiger partial charge in [0.25, 0.3) is 5.91 Å². The van der Waals surface area contributed by atoms with E-state index in [1.807, 2.05) is 41.9 Å². The lowest BCUT2D eigenvalue weighted by atomic mass is 10.1. The quantitative estimate of drug-likeness (QED) is 0.418. The molecular weight excluding hydrogens is 432 g/mol. The van der Waals surface area contributed by atoms with Crippen LogP contribution in [0.3, 0.4) is 0 Å². The Labute approximate surface area is 197 Å². The molecule has 0 bridgehead atoms. The topological polar surface area (TPSA) is 85.2 Å². The first-order valence-corrected chi connectivity index (χ1v) is 10.9. The van der Waals surface area contributed by atoms with Crippen LogP contribution in [-0.2, 0) is 11.3 Å². The maximum Gasteiger partial charge on any atom is 0.413 e. The van der Waals surface area contributed by atoms with E-state index in [4.69, 9.17) is 9.47 Å². The van der Waals surface area contributed by atoms with Gasteiger partial charge in [0, 0.05) is 30.8 Å². The van der Waals surface area contributed by atoms with Gasteiger partial charge >= 0.3 is 6.09 Å². The monoisotopic (exact) mass is 458 g/mol. The highest BCUT2D eigenvalue weighted by atomic mass is 16.6. The van der Waals surface area contributed by atoms with Crippen molar-refractivity contribution in [2.45, 2.75) is 20.5 Å². The number of hydrogen-bond acceptors (Lipinski definition) is 5. The number of fused-ring (bicyclic) bond motifs is 1. The number of hydrogen-bond donors (Lipinski definition) is 1. The minimum atomic E-state index is -0.439. The van der Waals surface area contributed by atoms with Crippen molar-refractivity contribution in [2.75, 3.05) is 23.9 Å². The molecule has 0 spiro atoms. The SMILES string of the molecule is CCOC(=O)N(C)c1ccc(NC(=O)c2ccccc2OCc2cn3cccc(C)c3n2)cc1. The van der Waals surface area contributed by atoms with Crippen LogP contribution in [0.15, 0.2) is 73.1 Å². The Morgan fingerprint density at radius 2 is 1.82 bits per heavy atom. The molecule has 0 unspecified atom stereocenters. The van der Waals surface area contributed by atoms with Gasteiger partial charge in [-0.25, -0.2) is 9.78 Å². The number of nitrogens with zero attached hydrogens (tertiary/aromatic N) is 3. The zero-order valence-corrected chi connectivity index (χ0v) is 19.3. The van der Waals surface area contributed by atoms with E-state index in [1.165, 1.54) is 4.90 Å². The van der Waals surface area contributed by atoms with E-state index < -0.39 is 6.09 Å². The molecule has 8 nitrogen and oxygen atoms in total. The van der Waals surface area contributed by atoms with Crippen LogP contribution in [-0.4, -0.2) is 35.0 Å². The van der Waals surface area contributed by atoms with Crippen molar-refractivity contribution >= 4 is 29.0 Å². The summed E-state index contributed by atoms with van der Waals surface area (Å²) in [5.41, 5.74) is 4.39. The van der Waals surface area contributed by atoms with Crippen LogP contribution in [0.4, 0.5) is 16.2 Å². The largest absolute Gasteiger partial charge is 0.486 e. The van der Waals surface area contributed by atoms with Crippen LogP contribution < -0.4 is 15.0 Å². The fraction of sp³-hybridized carbons (Fsp3) is 0.192. The van der Waals surface area contributed by atoms with E-state index in [-0.39, 0.29) is 12.5 Å². The molecule has 0 aliphatic rings. The summed E-state index contributed by atoms with van der Waals surface area (Å²) in [5, 5.41) is 2.87. The third-order valence-corrected chi connectivity index (χ3v) is 5.29. The molecule has 4 rings (SSSR count). The molecule has 0 saturated carbocycles. The summed E-state index contributed by atoms with van der Waals surface area (Å²) < 4.78 is 12.9. The highest BCUT2D eigenvalue weighted by Crippen LogP contribution is 2.23. The molecule has 2 aromatic carbocycles. The highest BCUT2D eigenvalue weighted by molar-refractivity contribution is 6.06. The molecule has 2 heterocycles. The first kappa shape index (κ1) is 22.8. The Kier molecular flexibility index (Phi) is 6.77. The molecule has 174 valence electrons. The van der Waals surface area contributed by atoms with Gasteiger partial charge in [-0.3, -0.25) is 9.69 Å². The number of rotatable bonds is 7. The Balaban J connectivity index is 1.44. The molecule has 0 atom stereocenters. The van der Waals surface area contributed by atoms with E-state index in [1.54, 1.807) is 56.4 Å². The van der Waals surface area contributed by atoms with Gasteiger partial charge in [-0.1, -0.05) is 18.2 Å². The van der Waals surface area contributed by atoms with Gasteiger partial charge in [-0.2, -0.15) is 0 Å². The van der Waals surface area contributed by atoms with Crippen molar-refractivity contribution < 1.29 is 19.1 Å². The Morgan fingerprint density at radius 3 is 2.56 bits per heavy atom. The number of imidazole rings is 1. The van der Waals surface area contributed by atoms with E-state index in [0.29, 0.717) is 29.3 Å². The first-order chi connectivity index (χ1) is 16.5. The molecule has 0 aliphatic carbocycles. The molecule has 0 aliphatic heterocycles. The molecule has 2 aromatic heterocycles. The number of pyridine rings is 1. The van der Waals surface area contributed by atoms with Crippen molar-refractivity contribution in [3.63, 3.8) is 0 Å². The molecular formula is C26H26N4O4. The minimum Gasteiger partial charge on any atom is -0.486 e. The number of carbonyl (C=O) groups is 2. The van der Waals surface area contributed by atoms with Gasteiger partial charge in [-0.15, -0.1) is 0 Å². The molecule has 0 fully saturated rings. The smallest absolute Gasteiger partial charge is 0.413 e. The fourth-order valence-electron chi connectivity index (χ4n) is 3.50. The van der Waals surface area contributed by atoms with Crippen LogP contribution >= 0.6 is 0 Å². The Morgan fingerprint density at radius 1 is 1.06 bits per heavy atom. The number of amides is 2. The second-order valence-corrected chi connectivity index (χ2v) is 7.70. The van der Waals surface area contributed by atoms with E-state index in [0.717, 1.165) is 16.9 Å². The molecule has 4 aromatic rings. The summed E-state index contributed by atoms with van der Waals surface area (Å²) in [6, 6.07) is 18.0. The van der Waals surface area contributed by atoms with Crippen molar-refractivity contribution in [3.05, 3.63) is 89.9 Å². The molecule has 0 saturated heterocycles. The van der Waals surface area contributed by atoms with Gasteiger partial charge in [0.1, 0.15) is 18.0 Å². The van der Waals surface area contributed by atoms with Crippen LogP contribution in [0.2, 0.25) is 0 Å². The van der Waals surface area contributed by atoms with Gasteiger partial charge in [0.2, 0.25) is 0 Å². The molecule has 0 radical (unpaired) electrons. The van der Waals surface area contributed by atoms with Crippen LogP contribution in [0, 0.1) is 6.92 Å². The van der Waals surface area contributed by atoms with E-state index in [2.05, 4.69) is 10.3 Å². The number of para-hydroxylation sites is 1. The van der Waals surface area contributed by atoms with Gasteiger partial charge < -0.3 is 19.2 Å². The lowest BCUT2D eigenvalue weighted by molar-refractivity contribution is 0.102. The van der Waals surface area contributed by atoms with E-state index in [9.17, 15) is 9.59 Å². The van der Waals surface area contributed by atoms with Crippen molar-refractivity contribution in [2.24, 2.45) is 0 Å². The number of aromatic nitrogens is 2. The number of carbonyl (C=O) groups excluding carboxylic acids is 2. The standard InChI is InChI=1S/C26H26N4O4/c1-4-33-26(32)29(3)21-13-11-19(12-14-21)28-25(31)22-9-5-6-10-23(22)34-17-20-16-30-15-7-8-18(2)24(30)27-20/h5-16H,4,17H2,1-3H3,(H,28,31). The summed E-state index contributed by atoms with van der Waals surface area (Å²) in [4.78, 5) is 30.8. The lowest BCUT2D eigenvalue weighted by Crippen LogP contribution is -2.26. The Hall–Kier alpha value is -4.33. The summed E-state index contributed by atoms with van der Waals surface area (Å²) in [7, 11) is 1.63. The summed E-state index contributed by atoms with van der Waals surface area (Å²) in [6.45, 7) is 4.30. The lowest BCUT2D eigenvalue weighted by Gasteiger charge is -2.17. The zero-order valence-electron chi connectivity index (χ0n) is 19.3. The number of benzene rings is 2. The summed E-state index contributed by atoms with van der Waals surface area (Å²) in [6.07, 6.45) is 3.42. The second kappa shape index (κ2) is 10.1. The zero-order chi connectivity index (χ0) is 24.1. The number of aryl methyl sites for hydroxylation is 1. The summed E-state index contributed by atoms with van der Waals surface area (Å²) >= 11 is 0. The third kappa shape index (κ3) is 5.01. The van der Waals surface area contributed by atoms with Gasteiger partial charge in [0.05, 0.1) is 17.9 Å². The third-order valence-electron chi connectivity index (χ3n) is 5.29. The number of ether oxygens (including phenoxy) is 2. The van der Waals surface area contributed by atoms with Crippen molar-refractivity contribution in [3.8, 4) is 5.75 Å². The fourth-order valence-corrected chi connectivity index (χ4v) is 3.50. The van der Waals surface area contributed by atoms with Crippen molar-refractivity contribution in [1.29, 1.82) is 0 Å². The normalized spacial score (nSPS) is 10.7. The van der Waals surface area contributed by atoms with Crippen LogP contribution in [0.25, 0.3) is 5.65 Å². The minimum absolute atomic E-state index is 0.236. The van der Waals surface area contributed by atoms with Crippen LogP contribution in [0.5, 0.6) is 5.75 Å². The number of nitrogens with one attached hydrogen (secondary N) is 1. The highest BCUT2D eigenvalue weighted by Gasteiger charge is 2.15. The average molecular weight is 459 g/mol.